The fourth-order valence-corrected chi connectivity index (χ4v) is 1.81. The maximum atomic E-state index is 11.9. The lowest BCUT2D eigenvalue weighted by atomic mass is 10.2. The summed E-state index contributed by atoms with van der Waals surface area (Å²) < 4.78 is 10.9. The smallest absolute Gasteiger partial charge is 0.252 e. The molecule has 1 rings (SSSR count). The first-order valence-corrected chi connectivity index (χ1v) is 6.02. The van der Waals surface area contributed by atoms with Gasteiger partial charge in [0.15, 0.2) is 0 Å². The van der Waals surface area contributed by atoms with E-state index in [-0.39, 0.29) is 12.0 Å². The summed E-state index contributed by atoms with van der Waals surface area (Å²) >= 11 is 3.33. The Bertz CT molecular complexity index is 371. The molecule has 1 aromatic carbocycles. The minimum atomic E-state index is -0.133. The van der Waals surface area contributed by atoms with Crippen molar-refractivity contribution in [3.63, 3.8) is 0 Å². The van der Waals surface area contributed by atoms with E-state index in [0.29, 0.717) is 18.7 Å². The Labute approximate surface area is 109 Å². The van der Waals surface area contributed by atoms with Crippen LogP contribution < -0.4 is 5.32 Å². The number of methoxy groups -OCH3 is 2. The van der Waals surface area contributed by atoms with Gasteiger partial charge in [-0.15, -0.1) is 0 Å². The van der Waals surface area contributed by atoms with Gasteiger partial charge in [0.25, 0.3) is 5.91 Å². The van der Waals surface area contributed by atoms with Crippen LogP contribution in [-0.2, 0) is 9.47 Å². The summed E-state index contributed by atoms with van der Waals surface area (Å²) in [5.41, 5.74) is 0.611. The standard InChI is InChI=1S/C12H16BrNO3/c1-16-8-9(17-2)7-14-12(15)10-5-3-4-6-11(10)13/h3-6,9H,7-8H2,1-2H3,(H,14,15). The van der Waals surface area contributed by atoms with Crippen molar-refractivity contribution in [2.24, 2.45) is 0 Å². The van der Waals surface area contributed by atoms with Crippen LogP contribution in [0.5, 0.6) is 0 Å². The number of benzene rings is 1. The van der Waals surface area contributed by atoms with Crippen molar-refractivity contribution in [3.05, 3.63) is 34.3 Å². The second-order valence-corrected chi connectivity index (χ2v) is 4.36. The van der Waals surface area contributed by atoms with Crippen LogP contribution >= 0.6 is 15.9 Å². The Morgan fingerprint density at radius 1 is 1.41 bits per heavy atom. The third-order valence-corrected chi connectivity index (χ3v) is 2.99. The molecule has 1 N–H and O–H groups in total. The third-order valence-electron chi connectivity index (χ3n) is 2.29. The number of carbonyl (C=O) groups excluding carboxylic acids is 1. The van der Waals surface area contributed by atoms with Gasteiger partial charge in [-0.1, -0.05) is 12.1 Å². The van der Waals surface area contributed by atoms with Crippen molar-refractivity contribution < 1.29 is 14.3 Å². The summed E-state index contributed by atoms with van der Waals surface area (Å²) in [6, 6.07) is 7.28. The Kier molecular flexibility index (Phi) is 6.18. The lowest BCUT2D eigenvalue weighted by Crippen LogP contribution is -2.35. The van der Waals surface area contributed by atoms with Crippen LogP contribution in [0.3, 0.4) is 0 Å². The van der Waals surface area contributed by atoms with E-state index in [4.69, 9.17) is 9.47 Å². The monoisotopic (exact) mass is 301 g/mol. The maximum Gasteiger partial charge on any atom is 0.252 e. The number of hydrogen-bond donors (Lipinski definition) is 1. The lowest BCUT2D eigenvalue weighted by molar-refractivity contribution is 0.0285. The topological polar surface area (TPSA) is 47.6 Å². The van der Waals surface area contributed by atoms with Crippen LogP contribution in [0.2, 0.25) is 0 Å². The molecule has 1 atom stereocenters. The lowest BCUT2D eigenvalue weighted by Gasteiger charge is -2.15. The van der Waals surface area contributed by atoms with Gasteiger partial charge >= 0.3 is 0 Å². The number of nitrogens with one attached hydrogen (secondary N) is 1. The van der Waals surface area contributed by atoms with Crippen LogP contribution in [0.25, 0.3) is 0 Å². The second-order valence-electron chi connectivity index (χ2n) is 3.50. The van der Waals surface area contributed by atoms with Gasteiger partial charge in [0.2, 0.25) is 0 Å². The normalized spacial score (nSPS) is 12.2. The largest absolute Gasteiger partial charge is 0.382 e. The molecule has 4 nitrogen and oxygen atoms in total. The quantitative estimate of drug-likeness (QED) is 0.872. The van der Waals surface area contributed by atoms with E-state index in [1.165, 1.54) is 0 Å². The van der Waals surface area contributed by atoms with Gasteiger partial charge in [-0.25, -0.2) is 0 Å². The van der Waals surface area contributed by atoms with Crippen LogP contribution in [-0.4, -0.2) is 39.4 Å². The van der Waals surface area contributed by atoms with Gasteiger partial charge < -0.3 is 14.8 Å². The third kappa shape index (κ3) is 4.46. The molecule has 0 saturated carbocycles. The Morgan fingerprint density at radius 2 is 2.12 bits per heavy atom. The zero-order chi connectivity index (χ0) is 12.7. The van der Waals surface area contributed by atoms with E-state index in [2.05, 4.69) is 21.2 Å². The first kappa shape index (κ1) is 14.2. The van der Waals surface area contributed by atoms with Crippen LogP contribution in [0.15, 0.2) is 28.7 Å². The van der Waals surface area contributed by atoms with Crippen molar-refractivity contribution in [3.8, 4) is 0 Å². The van der Waals surface area contributed by atoms with Crippen molar-refractivity contribution in [1.82, 2.24) is 5.32 Å². The molecular formula is C12H16BrNO3. The summed E-state index contributed by atoms with van der Waals surface area (Å²) in [5.74, 6) is -0.129. The minimum absolute atomic E-state index is 0.129. The Morgan fingerprint density at radius 3 is 2.71 bits per heavy atom. The molecule has 0 aromatic heterocycles. The number of halogens is 1. The van der Waals surface area contributed by atoms with Gasteiger partial charge in [-0.05, 0) is 28.1 Å². The summed E-state index contributed by atoms with van der Waals surface area (Å²) in [4.78, 5) is 11.9. The zero-order valence-corrected chi connectivity index (χ0v) is 11.5. The van der Waals surface area contributed by atoms with Crippen LogP contribution in [0.4, 0.5) is 0 Å². The number of ether oxygens (including phenoxy) is 2. The van der Waals surface area contributed by atoms with Gasteiger partial charge in [0, 0.05) is 25.2 Å². The van der Waals surface area contributed by atoms with Crippen molar-refractivity contribution in [2.75, 3.05) is 27.4 Å². The van der Waals surface area contributed by atoms with Gasteiger partial charge in [0.1, 0.15) is 0 Å². The molecule has 17 heavy (non-hydrogen) atoms. The molecule has 0 aliphatic heterocycles. The van der Waals surface area contributed by atoms with Crippen LogP contribution in [0.1, 0.15) is 10.4 Å². The zero-order valence-electron chi connectivity index (χ0n) is 9.90. The molecule has 0 radical (unpaired) electrons. The number of rotatable bonds is 6. The van der Waals surface area contributed by atoms with E-state index in [1.54, 1.807) is 20.3 Å². The second kappa shape index (κ2) is 7.42. The average molecular weight is 302 g/mol. The van der Waals surface area contributed by atoms with E-state index >= 15 is 0 Å². The Balaban J connectivity index is 2.52. The first-order valence-electron chi connectivity index (χ1n) is 5.23. The molecule has 0 aliphatic rings. The highest BCUT2D eigenvalue weighted by atomic mass is 79.9. The van der Waals surface area contributed by atoms with Gasteiger partial charge in [-0.2, -0.15) is 0 Å². The average Bonchev–Trinajstić information content (AvgIpc) is 2.34. The molecule has 0 heterocycles. The summed E-state index contributed by atoms with van der Waals surface area (Å²) in [7, 11) is 3.19. The van der Waals surface area contributed by atoms with Crippen molar-refractivity contribution in [1.29, 1.82) is 0 Å². The predicted molar refractivity (Wildman–Crippen MR) is 69.1 cm³/mol. The highest BCUT2D eigenvalue weighted by Crippen LogP contribution is 2.15. The highest BCUT2D eigenvalue weighted by molar-refractivity contribution is 9.10. The summed E-state index contributed by atoms with van der Waals surface area (Å²) in [5, 5.41) is 2.80. The van der Waals surface area contributed by atoms with E-state index in [0.717, 1.165) is 4.47 Å². The fourth-order valence-electron chi connectivity index (χ4n) is 1.34. The van der Waals surface area contributed by atoms with Gasteiger partial charge in [0.05, 0.1) is 18.3 Å². The van der Waals surface area contributed by atoms with Gasteiger partial charge in [-0.3, -0.25) is 4.79 Å². The summed E-state index contributed by atoms with van der Waals surface area (Å²) in [6.45, 7) is 0.872. The minimum Gasteiger partial charge on any atom is -0.382 e. The molecule has 1 unspecified atom stereocenters. The molecule has 0 fully saturated rings. The maximum absolute atomic E-state index is 11.9. The molecule has 1 aromatic rings. The molecule has 0 spiro atoms. The number of amides is 1. The van der Waals surface area contributed by atoms with E-state index < -0.39 is 0 Å². The van der Waals surface area contributed by atoms with Crippen molar-refractivity contribution in [2.45, 2.75) is 6.10 Å². The van der Waals surface area contributed by atoms with Crippen molar-refractivity contribution >= 4 is 21.8 Å². The van der Waals surface area contributed by atoms with Crippen LogP contribution in [0, 0.1) is 0 Å². The molecule has 0 aliphatic carbocycles. The number of carbonyl (C=O) groups is 1. The molecular weight excluding hydrogens is 286 g/mol. The predicted octanol–water partition coefficient (Wildman–Crippen LogP) is 1.84. The molecule has 5 heteroatoms. The highest BCUT2D eigenvalue weighted by Gasteiger charge is 2.12. The summed E-state index contributed by atoms with van der Waals surface area (Å²) in [6.07, 6.45) is -0.133. The molecule has 0 bridgehead atoms. The SMILES string of the molecule is COCC(CNC(=O)c1ccccc1Br)OC. The Hall–Kier alpha value is -0.910. The molecule has 1 amide bonds. The first-order chi connectivity index (χ1) is 8.19. The van der Waals surface area contributed by atoms with E-state index in [1.807, 2.05) is 18.2 Å². The number of hydrogen-bond acceptors (Lipinski definition) is 3. The molecule has 0 saturated heterocycles. The fraction of sp³-hybridized carbons (Fsp3) is 0.417. The molecule has 94 valence electrons. The van der Waals surface area contributed by atoms with E-state index in [9.17, 15) is 4.79 Å².